The molecule has 150 valence electrons. The minimum atomic E-state index is -3.88. The highest BCUT2D eigenvalue weighted by Gasteiger charge is 2.22. The molecular weight excluding hydrogens is 382 g/mol. The van der Waals surface area contributed by atoms with Gasteiger partial charge in [-0.15, -0.1) is 0 Å². The number of hydrogen-bond acceptors (Lipinski definition) is 5. The Hall–Kier alpha value is -2.91. The van der Waals surface area contributed by atoms with Crippen molar-refractivity contribution in [3.63, 3.8) is 0 Å². The van der Waals surface area contributed by atoms with E-state index < -0.39 is 22.0 Å². The molecule has 2 rings (SSSR count). The van der Waals surface area contributed by atoms with Crippen LogP contribution in [0.1, 0.15) is 19.4 Å². The lowest BCUT2D eigenvalue weighted by Crippen LogP contribution is -2.41. The van der Waals surface area contributed by atoms with Gasteiger partial charge in [-0.25, -0.2) is 8.42 Å². The first-order valence-corrected chi connectivity index (χ1v) is 9.96. The Balaban J connectivity index is 2.04. The summed E-state index contributed by atoms with van der Waals surface area (Å²) in [4.78, 5) is 23.4. The monoisotopic (exact) mass is 405 g/mol. The Labute approximate surface area is 164 Å². The number of sulfonamides is 1. The summed E-state index contributed by atoms with van der Waals surface area (Å²) in [7, 11) is -2.37. The molecule has 3 N–H and O–H groups in total. The van der Waals surface area contributed by atoms with Gasteiger partial charge < -0.3 is 15.4 Å². The zero-order chi connectivity index (χ0) is 20.9. The highest BCUT2D eigenvalue weighted by molar-refractivity contribution is 7.89. The number of aryl methyl sites for hydroxylation is 1. The molecule has 0 radical (unpaired) electrons. The summed E-state index contributed by atoms with van der Waals surface area (Å²) in [5.41, 5.74) is 1.74. The average Bonchev–Trinajstić information content (AvgIpc) is 2.62. The van der Waals surface area contributed by atoms with Gasteiger partial charge in [-0.2, -0.15) is 4.72 Å². The highest BCUT2D eigenvalue weighted by Crippen LogP contribution is 2.21. The molecular formula is C19H23N3O5S. The fraction of sp³-hybridized carbons (Fsp3) is 0.263. The fourth-order valence-corrected chi connectivity index (χ4v) is 3.75. The van der Waals surface area contributed by atoms with E-state index in [0.29, 0.717) is 22.7 Å². The summed E-state index contributed by atoms with van der Waals surface area (Å²) >= 11 is 0. The first-order chi connectivity index (χ1) is 13.1. The number of anilines is 2. The molecule has 0 spiro atoms. The van der Waals surface area contributed by atoms with Crippen molar-refractivity contribution >= 4 is 33.2 Å². The number of hydrogen-bond donors (Lipinski definition) is 3. The molecule has 0 fully saturated rings. The van der Waals surface area contributed by atoms with Crippen LogP contribution in [-0.2, 0) is 19.6 Å². The van der Waals surface area contributed by atoms with Crippen LogP contribution in [0.15, 0.2) is 47.4 Å². The summed E-state index contributed by atoms with van der Waals surface area (Å²) in [6.07, 6.45) is 0. The highest BCUT2D eigenvalue weighted by atomic mass is 32.2. The Kier molecular flexibility index (Phi) is 6.76. The number of ether oxygens (including phenoxy) is 1. The normalized spacial score (nSPS) is 12.1. The van der Waals surface area contributed by atoms with Crippen LogP contribution in [0, 0.1) is 6.92 Å². The number of carbonyl (C=O) groups excluding carboxylic acids is 2. The van der Waals surface area contributed by atoms with E-state index >= 15 is 0 Å². The van der Waals surface area contributed by atoms with E-state index in [2.05, 4.69) is 15.4 Å². The molecule has 8 nitrogen and oxygen atoms in total. The smallest absolute Gasteiger partial charge is 0.242 e. The first-order valence-electron chi connectivity index (χ1n) is 8.48. The van der Waals surface area contributed by atoms with E-state index in [0.717, 1.165) is 0 Å². The van der Waals surface area contributed by atoms with Crippen molar-refractivity contribution in [2.75, 3.05) is 17.7 Å². The predicted octanol–water partition coefficient (Wildman–Crippen LogP) is 2.27. The molecule has 2 aromatic rings. The van der Waals surface area contributed by atoms with Crippen molar-refractivity contribution in [2.24, 2.45) is 0 Å². The molecule has 9 heteroatoms. The van der Waals surface area contributed by atoms with Crippen LogP contribution >= 0.6 is 0 Å². The van der Waals surface area contributed by atoms with Crippen molar-refractivity contribution in [2.45, 2.75) is 31.7 Å². The van der Waals surface area contributed by atoms with Crippen LogP contribution in [0.2, 0.25) is 0 Å². The van der Waals surface area contributed by atoms with Gasteiger partial charge in [0.2, 0.25) is 21.8 Å². The standard InChI is InChI=1S/C19H23N3O5S/c1-12-11-17(9-10-18(12)27-4)28(25,26)22-13(2)19(24)21-16-7-5-15(6-8-16)20-14(3)23/h5-11,13,22H,1-4H3,(H,20,23)(H,21,24)/t13-/m0/s1. The van der Waals surface area contributed by atoms with Crippen LogP contribution in [0.5, 0.6) is 5.75 Å². The molecule has 28 heavy (non-hydrogen) atoms. The summed E-state index contributed by atoms with van der Waals surface area (Å²) < 4.78 is 32.5. The number of nitrogens with one attached hydrogen (secondary N) is 3. The van der Waals surface area contributed by atoms with E-state index in [1.165, 1.54) is 33.1 Å². The summed E-state index contributed by atoms with van der Waals surface area (Å²) in [5.74, 6) is -0.137. The third-order valence-corrected chi connectivity index (χ3v) is 5.41. The first kappa shape index (κ1) is 21.4. The van der Waals surface area contributed by atoms with Gasteiger partial charge in [-0.1, -0.05) is 0 Å². The quantitative estimate of drug-likeness (QED) is 0.654. The number of rotatable bonds is 7. The Morgan fingerprint density at radius 1 is 1.00 bits per heavy atom. The maximum Gasteiger partial charge on any atom is 0.242 e. The average molecular weight is 405 g/mol. The summed E-state index contributed by atoms with van der Waals surface area (Å²) in [5, 5.41) is 5.25. The molecule has 0 heterocycles. The van der Waals surface area contributed by atoms with E-state index in [9.17, 15) is 18.0 Å². The van der Waals surface area contributed by atoms with E-state index in [1.807, 2.05) is 0 Å². The summed E-state index contributed by atoms with van der Waals surface area (Å²) in [6.45, 7) is 4.58. The zero-order valence-electron chi connectivity index (χ0n) is 16.1. The maximum atomic E-state index is 12.5. The Bertz CT molecular complexity index is 972. The molecule has 0 aromatic heterocycles. The van der Waals surface area contributed by atoms with Crippen LogP contribution in [0.4, 0.5) is 11.4 Å². The van der Waals surface area contributed by atoms with Gasteiger partial charge in [-0.05, 0) is 61.9 Å². The van der Waals surface area contributed by atoms with Crippen molar-refractivity contribution in [1.82, 2.24) is 4.72 Å². The van der Waals surface area contributed by atoms with Crippen molar-refractivity contribution in [3.8, 4) is 5.75 Å². The van der Waals surface area contributed by atoms with Gasteiger partial charge in [0.15, 0.2) is 0 Å². The third kappa shape index (κ3) is 5.54. The number of benzene rings is 2. The molecule has 0 saturated carbocycles. The van der Waals surface area contributed by atoms with Crippen LogP contribution in [0.25, 0.3) is 0 Å². The lowest BCUT2D eigenvalue weighted by atomic mass is 10.2. The van der Waals surface area contributed by atoms with Gasteiger partial charge in [0.1, 0.15) is 5.75 Å². The van der Waals surface area contributed by atoms with Gasteiger partial charge >= 0.3 is 0 Å². The Morgan fingerprint density at radius 3 is 2.07 bits per heavy atom. The van der Waals surface area contributed by atoms with E-state index in [1.54, 1.807) is 37.3 Å². The molecule has 0 aliphatic carbocycles. The second-order valence-electron chi connectivity index (χ2n) is 6.22. The van der Waals surface area contributed by atoms with Crippen LogP contribution in [-0.4, -0.2) is 33.4 Å². The largest absolute Gasteiger partial charge is 0.496 e. The molecule has 0 aliphatic rings. The zero-order valence-corrected chi connectivity index (χ0v) is 16.9. The molecule has 2 amide bonds. The minimum absolute atomic E-state index is 0.0464. The molecule has 0 bridgehead atoms. The van der Waals surface area contributed by atoms with Gasteiger partial charge in [0, 0.05) is 18.3 Å². The minimum Gasteiger partial charge on any atom is -0.496 e. The molecule has 2 aromatic carbocycles. The van der Waals surface area contributed by atoms with Gasteiger partial charge in [0.05, 0.1) is 18.0 Å². The van der Waals surface area contributed by atoms with Crippen molar-refractivity contribution in [3.05, 3.63) is 48.0 Å². The second kappa shape index (κ2) is 8.85. The molecule has 0 unspecified atom stereocenters. The van der Waals surface area contributed by atoms with Crippen LogP contribution < -0.4 is 20.1 Å². The third-order valence-electron chi connectivity index (χ3n) is 3.87. The lowest BCUT2D eigenvalue weighted by Gasteiger charge is -2.15. The molecule has 0 saturated heterocycles. The van der Waals surface area contributed by atoms with Gasteiger partial charge in [0.25, 0.3) is 0 Å². The fourth-order valence-electron chi connectivity index (χ4n) is 2.46. The van der Waals surface area contributed by atoms with Crippen molar-refractivity contribution < 1.29 is 22.7 Å². The lowest BCUT2D eigenvalue weighted by molar-refractivity contribution is -0.117. The van der Waals surface area contributed by atoms with E-state index in [4.69, 9.17) is 4.74 Å². The van der Waals surface area contributed by atoms with Crippen LogP contribution in [0.3, 0.4) is 0 Å². The molecule has 0 aliphatic heterocycles. The maximum absolute atomic E-state index is 12.5. The summed E-state index contributed by atoms with van der Waals surface area (Å²) in [6, 6.07) is 9.94. The topological polar surface area (TPSA) is 114 Å². The van der Waals surface area contributed by atoms with Crippen molar-refractivity contribution in [1.29, 1.82) is 0 Å². The number of amides is 2. The molecule has 1 atom stereocenters. The van der Waals surface area contributed by atoms with Gasteiger partial charge in [-0.3, -0.25) is 9.59 Å². The predicted molar refractivity (Wildman–Crippen MR) is 107 cm³/mol. The second-order valence-corrected chi connectivity index (χ2v) is 7.94. The SMILES string of the molecule is COc1ccc(S(=O)(=O)N[C@@H](C)C(=O)Nc2ccc(NC(C)=O)cc2)cc1C. The van der Waals surface area contributed by atoms with E-state index in [-0.39, 0.29) is 10.8 Å². The number of carbonyl (C=O) groups is 2. The Morgan fingerprint density at radius 2 is 1.57 bits per heavy atom. The number of methoxy groups -OCH3 is 1.